The van der Waals surface area contributed by atoms with Gasteiger partial charge in [-0.05, 0) is 61.6 Å². The Bertz CT molecular complexity index is 853. The second-order valence-electron chi connectivity index (χ2n) is 6.61. The number of aryl methyl sites for hydroxylation is 1. The van der Waals surface area contributed by atoms with Crippen LogP contribution in [0.3, 0.4) is 0 Å². The second kappa shape index (κ2) is 7.22. The molecule has 1 aromatic carbocycles. The van der Waals surface area contributed by atoms with Gasteiger partial charge in [0.05, 0.1) is 16.8 Å². The largest absolute Gasteiger partial charge is 0.370 e. The van der Waals surface area contributed by atoms with E-state index in [4.69, 9.17) is 11.6 Å². The van der Waals surface area contributed by atoms with E-state index in [0.29, 0.717) is 22.3 Å². The molecule has 0 amide bonds. The average molecular weight is 380 g/mol. The number of nitrogens with one attached hydrogen (secondary N) is 1. The standard InChI is InChI=1S/C18H22ClN3O2S/c1-13-4-3-9-22(12-13)15-5-8-18(20-11-15)21-25(23,24)16-6-7-17(19)14(2)10-16/h5-8,10-11,13H,3-4,9,12H2,1-2H3,(H,20,21). The zero-order chi connectivity index (χ0) is 18.0. The molecule has 1 aliphatic rings. The fraction of sp³-hybridized carbons (Fsp3) is 0.389. The van der Waals surface area contributed by atoms with Gasteiger partial charge >= 0.3 is 0 Å². The van der Waals surface area contributed by atoms with Gasteiger partial charge < -0.3 is 4.90 Å². The van der Waals surface area contributed by atoms with Crippen LogP contribution in [-0.2, 0) is 10.0 Å². The van der Waals surface area contributed by atoms with Crippen LogP contribution in [0.2, 0.25) is 5.02 Å². The van der Waals surface area contributed by atoms with E-state index in [1.807, 2.05) is 6.07 Å². The molecule has 1 saturated heterocycles. The smallest absolute Gasteiger partial charge is 0.263 e. The summed E-state index contributed by atoms with van der Waals surface area (Å²) in [7, 11) is -3.68. The van der Waals surface area contributed by atoms with Crippen LogP contribution in [0.4, 0.5) is 11.5 Å². The molecule has 0 spiro atoms. The third-order valence-electron chi connectivity index (χ3n) is 4.45. The van der Waals surface area contributed by atoms with Crippen LogP contribution in [0.1, 0.15) is 25.3 Å². The van der Waals surface area contributed by atoms with Gasteiger partial charge in [0.25, 0.3) is 10.0 Å². The Morgan fingerprint density at radius 3 is 2.72 bits per heavy atom. The lowest BCUT2D eigenvalue weighted by Crippen LogP contribution is -2.34. The maximum atomic E-state index is 12.5. The summed E-state index contributed by atoms with van der Waals surface area (Å²) in [4.78, 5) is 6.74. The van der Waals surface area contributed by atoms with E-state index in [1.165, 1.54) is 18.9 Å². The summed E-state index contributed by atoms with van der Waals surface area (Å²) < 4.78 is 27.5. The van der Waals surface area contributed by atoms with Crippen LogP contribution in [0, 0.1) is 12.8 Å². The highest BCUT2D eigenvalue weighted by Crippen LogP contribution is 2.24. The molecule has 1 N–H and O–H groups in total. The van der Waals surface area contributed by atoms with Crippen LogP contribution < -0.4 is 9.62 Å². The average Bonchev–Trinajstić information content (AvgIpc) is 2.57. The lowest BCUT2D eigenvalue weighted by molar-refractivity contribution is 0.446. The van der Waals surface area contributed by atoms with E-state index < -0.39 is 10.0 Å². The van der Waals surface area contributed by atoms with Crippen molar-refractivity contribution in [3.05, 3.63) is 47.1 Å². The number of sulfonamides is 1. The molecular weight excluding hydrogens is 358 g/mol. The van der Waals surface area contributed by atoms with Crippen LogP contribution in [0.5, 0.6) is 0 Å². The number of pyridine rings is 1. The van der Waals surface area contributed by atoms with Gasteiger partial charge in [-0.15, -0.1) is 0 Å². The Hall–Kier alpha value is -1.79. The van der Waals surface area contributed by atoms with Crippen molar-refractivity contribution in [2.45, 2.75) is 31.6 Å². The molecule has 2 heterocycles. The molecule has 0 aliphatic carbocycles. The minimum absolute atomic E-state index is 0.171. The monoisotopic (exact) mass is 379 g/mol. The number of hydrogen-bond acceptors (Lipinski definition) is 4. The van der Waals surface area contributed by atoms with Crippen molar-refractivity contribution in [1.82, 2.24) is 4.98 Å². The van der Waals surface area contributed by atoms with Crippen LogP contribution in [0.25, 0.3) is 0 Å². The van der Waals surface area contributed by atoms with Crippen LogP contribution >= 0.6 is 11.6 Å². The first-order valence-corrected chi connectivity index (χ1v) is 10.2. The van der Waals surface area contributed by atoms with Gasteiger partial charge in [-0.2, -0.15) is 0 Å². The third kappa shape index (κ3) is 4.25. The number of hydrogen-bond donors (Lipinski definition) is 1. The first-order valence-electron chi connectivity index (χ1n) is 8.35. The number of nitrogens with zero attached hydrogens (tertiary/aromatic N) is 2. The third-order valence-corrected chi connectivity index (χ3v) is 6.23. The quantitative estimate of drug-likeness (QED) is 0.869. The number of anilines is 2. The highest BCUT2D eigenvalue weighted by atomic mass is 35.5. The molecule has 3 rings (SSSR count). The molecule has 25 heavy (non-hydrogen) atoms. The molecule has 1 fully saturated rings. The van der Waals surface area contributed by atoms with Crippen LogP contribution in [-0.4, -0.2) is 26.5 Å². The Balaban J connectivity index is 1.75. The molecule has 0 radical (unpaired) electrons. The lowest BCUT2D eigenvalue weighted by Gasteiger charge is -2.32. The van der Waals surface area contributed by atoms with Gasteiger partial charge in [-0.1, -0.05) is 18.5 Å². The Kier molecular flexibility index (Phi) is 5.20. The molecule has 1 aliphatic heterocycles. The van der Waals surface area contributed by atoms with E-state index in [1.54, 1.807) is 31.3 Å². The topological polar surface area (TPSA) is 62.3 Å². The van der Waals surface area contributed by atoms with Crippen molar-refractivity contribution < 1.29 is 8.42 Å². The normalized spacial score (nSPS) is 18.2. The zero-order valence-corrected chi connectivity index (χ0v) is 15.9. The van der Waals surface area contributed by atoms with Gasteiger partial charge in [-0.3, -0.25) is 4.72 Å². The van der Waals surface area contributed by atoms with E-state index in [-0.39, 0.29) is 4.90 Å². The molecule has 5 nitrogen and oxygen atoms in total. The lowest BCUT2D eigenvalue weighted by atomic mass is 10.00. The molecule has 0 saturated carbocycles. The summed E-state index contributed by atoms with van der Waals surface area (Å²) >= 11 is 5.96. The number of rotatable bonds is 4. The van der Waals surface area contributed by atoms with Crippen molar-refractivity contribution in [2.24, 2.45) is 5.92 Å². The van der Waals surface area contributed by atoms with Gasteiger partial charge in [0.2, 0.25) is 0 Å². The van der Waals surface area contributed by atoms with Gasteiger partial charge in [0, 0.05) is 18.1 Å². The van der Waals surface area contributed by atoms with E-state index in [9.17, 15) is 8.42 Å². The SMILES string of the molecule is Cc1cc(S(=O)(=O)Nc2ccc(N3CCCC(C)C3)cn2)ccc1Cl. The molecule has 1 unspecified atom stereocenters. The number of benzene rings is 1. The molecule has 2 aromatic rings. The van der Waals surface area contributed by atoms with Crippen molar-refractivity contribution >= 4 is 33.1 Å². The fourth-order valence-electron chi connectivity index (χ4n) is 3.04. The Morgan fingerprint density at radius 1 is 1.28 bits per heavy atom. The molecule has 134 valence electrons. The highest BCUT2D eigenvalue weighted by molar-refractivity contribution is 7.92. The predicted molar refractivity (Wildman–Crippen MR) is 102 cm³/mol. The van der Waals surface area contributed by atoms with Crippen molar-refractivity contribution in [3.63, 3.8) is 0 Å². The highest BCUT2D eigenvalue weighted by Gasteiger charge is 2.18. The Morgan fingerprint density at radius 2 is 2.08 bits per heavy atom. The molecular formula is C18H22ClN3O2S. The first kappa shape index (κ1) is 18.0. The molecule has 1 atom stereocenters. The van der Waals surface area contributed by atoms with E-state index >= 15 is 0 Å². The summed E-state index contributed by atoms with van der Waals surface area (Å²) in [6.07, 6.45) is 4.15. The summed E-state index contributed by atoms with van der Waals surface area (Å²) in [6.45, 7) is 6.04. The van der Waals surface area contributed by atoms with Crippen molar-refractivity contribution in [1.29, 1.82) is 0 Å². The van der Waals surface area contributed by atoms with Crippen molar-refractivity contribution in [3.8, 4) is 0 Å². The summed E-state index contributed by atoms with van der Waals surface area (Å²) in [6, 6.07) is 8.24. The molecule has 0 bridgehead atoms. The minimum Gasteiger partial charge on any atom is -0.370 e. The molecule has 7 heteroatoms. The van der Waals surface area contributed by atoms with Gasteiger partial charge in [-0.25, -0.2) is 13.4 Å². The first-order chi connectivity index (χ1) is 11.8. The summed E-state index contributed by atoms with van der Waals surface area (Å²) in [5, 5.41) is 0.539. The molecule has 1 aromatic heterocycles. The summed E-state index contributed by atoms with van der Waals surface area (Å²) in [5.41, 5.74) is 1.74. The van der Waals surface area contributed by atoms with Gasteiger partial charge in [0.15, 0.2) is 0 Å². The fourth-order valence-corrected chi connectivity index (χ4v) is 4.25. The zero-order valence-electron chi connectivity index (χ0n) is 14.4. The Labute approximate surface area is 154 Å². The minimum atomic E-state index is -3.68. The number of aromatic nitrogens is 1. The summed E-state index contributed by atoms with van der Waals surface area (Å²) in [5.74, 6) is 0.974. The van der Waals surface area contributed by atoms with Crippen molar-refractivity contribution in [2.75, 3.05) is 22.7 Å². The predicted octanol–water partition coefficient (Wildman–Crippen LogP) is 4.08. The van der Waals surface area contributed by atoms with E-state index in [2.05, 4.69) is 21.5 Å². The number of piperidine rings is 1. The van der Waals surface area contributed by atoms with E-state index in [0.717, 1.165) is 18.8 Å². The number of halogens is 1. The second-order valence-corrected chi connectivity index (χ2v) is 8.70. The maximum absolute atomic E-state index is 12.5. The maximum Gasteiger partial charge on any atom is 0.263 e. The van der Waals surface area contributed by atoms with Gasteiger partial charge in [0.1, 0.15) is 5.82 Å². The van der Waals surface area contributed by atoms with Crippen LogP contribution in [0.15, 0.2) is 41.4 Å².